The Labute approximate surface area is 112 Å². The van der Waals surface area contributed by atoms with E-state index in [1.54, 1.807) is 0 Å². The summed E-state index contributed by atoms with van der Waals surface area (Å²) >= 11 is -1.10. The second-order valence-corrected chi connectivity index (χ2v) is 7.50. The molecule has 5 heteroatoms. The molecule has 2 N–H and O–H groups in total. The van der Waals surface area contributed by atoms with Crippen LogP contribution in [0.2, 0.25) is 0 Å². The predicted molar refractivity (Wildman–Crippen MR) is 71.4 cm³/mol. The Bertz CT molecular complexity index is 542. The van der Waals surface area contributed by atoms with Crippen molar-refractivity contribution in [1.29, 1.82) is 0 Å². The molecule has 0 amide bonds. The summed E-state index contributed by atoms with van der Waals surface area (Å²) in [4.78, 5) is 4.61. The number of rotatable bonds is 2. The van der Waals surface area contributed by atoms with Crippen LogP contribution in [0.25, 0.3) is 11.0 Å². The van der Waals surface area contributed by atoms with Crippen LogP contribution in [0.4, 0.5) is 5.69 Å². The van der Waals surface area contributed by atoms with Gasteiger partial charge in [-0.3, -0.25) is 0 Å². The molecule has 1 aromatic heterocycles. The summed E-state index contributed by atoms with van der Waals surface area (Å²) < 4.78 is 9.12. The maximum atomic E-state index is 5.91. The van der Waals surface area contributed by atoms with Crippen LogP contribution in [0, 0.1) is 0 Å². The van der Waals surface area contributed by atoms with Gasteiger partial charge in [-0.15, -0.1) is 0 Å². The Morgan fingerprint density at radius 1 is 1.35 bits per heavy atom. The Hall–Kier alpha value is -0.751. The average molecular weight is 338 g/mol. The quantitative estimate of drug-likeness (QED) is 0.662. The van der Waals surface area contributed by atoms with E-state index in [1.165, 1.54) is 0 Å². The third kappa shape index (κ3) is 2.93. The number of imidazole rings is 1. The van der Waals surface area contributed by atoms with Gasteiger partial charge >= 0.3 is 112 Å². The minimum absolute atomic E-state index is 0.0800. The fraction of sp³-hybridized carbons (Fsp3) is 0.417. The predicted octanol–water partition coefficient (Wildman–Crippen LogP) is 1.22. The van der Waals surface area contributed by atoms with Gasteiger partial charge in [0.25, 0.3) is 0 Å². The molecule has 1 heterocycles. The van der Waals surface area contributed by atoms with Crippen molar-refractivity contribution in [1.82, 2.24) is 9.55 Å². The topological polar surface area (TPSA) is 53.1 Å². The third-order valence-corrected chi connectivity index (χ3v) is 6.19. The number of nitrogens with two attached hydrogens (primary N) is 1. The zero-order chi connectivity index (χ0) is 12.6. The molecule has 0 aliphatic heterocycles. The van der Waals surface area contributed by atoms with E-state index in [0.29, 0.717) is 0 Å². The summed E-state index contributed by atoms with van der Waals surface area (Å²) in [6.45, 7) is 6.23. The third-order valence-electron chi connectivity index (χ3n) is 2.35. The zero-order valence-electron chi connectivity index (χ0n) is 10.6. The van der Waals surface area contributed by atoms with Crippen molar-refractivity contribution >= 4 is 42.1 Å². The van der Waals surface area contributed by atoms with E-state index in [4.69, 9.17) is 8.81 Å². The van der Waals surface area contributed by atoms with Crippen LogP contribution in [0.15, 0.2) is 18.2 Å². The molecule has 2 aromatic rings. The fourth-order valence-corrected chi connectivity index (χ4v) is 3.85. The molecule has 0 bridgehead atoms. The van der Waals surface area contributed by atoms with Gasteiger partial charge in [-0.25, -0.2) is 0 Å². The van der Waals surface area contributed by atoms with Gasteiger partial charge in [0, 0.05) is 0 Å². The molecule has 17 heavy (non-hydrogen) atoms. The van der Waals surface area contributed by atoms with Crippen LogP contribution in [0.1, 0.15) is 20.8 Å². The first-order chi connectivity index (χ1) is 7.87. The molecular weight excluding hydrogens is 321 g/mol. The molecule has 0 fully saturated rings. The van der Waals surface area contributed by atoms with E-state index in [-0.39, 0.29) is 5.60 Å². The second-order valence-electron chi connectivity index (χ2n) is 5.06. The second kappa shape index (κ2) is 4.49. The minimum atomic E-state index is -1.10. The number of aromatic nitrogens is 2. The summed E-state index contributed by atoms with van der Waals surface area (Å²) in [6, 6.07) is 5.83. The first-order valence-electron chi connectivity index (χ1n) is 5.53. The van der Waals surface area contributed by atoms with E-state index in [0.717, 1.165) is 20.6 Å². The van der Waals surface area contributed by atoms with Crippen molar-refractivity contribution in [2.75, 3.05) is 5.73 Å². The molecule has 90 valence electrons. The number of hydrogen-bond donors (Lipinski definition) is 1. The molecule has 2 radical (unpaired) electrons. The van der Waals surface area contributed by atoms with E-state index in [1.807, 2.05) is 25.2 Å². The van der Waals surface area contributed by atoms with E-state index in [2.05, 4.69) is 30.3 Å². The maximum absolute atomic E-state index is 5.91. The van der Waals surface area contributed by atoms with Crippen LogP contribution in [-0.2, 0) is 10.1 Å². The summed E-state index contributed by atoms with van der Waals surface area (Å²) in [5.41, 5.74) is 8.51. The number of aryl methyl sites for hydroxylation is 1. The Morgan fingerprint density at radius 3 is 2.71 bits per heavy atom. The number of nitrogens with zero attached hydrogens (tertiary/aromatic N) is 2. The van der Waals surface area contributed by atoms with Gasteiger partial charge in [-0.05, 0) is 0 Å². The van der Waals surface area contributed by atoms with Crippen molar-refractivity contribution in [2.24, 2.45) is 7.05 Å². The number of benzene rings is 1. The molecule has 0 aliphatic carbocycles. The van der Waals surface area contributed by atoms with E-state index < -0.39 is 21.6 Å². The van der Waals surface area contributed by atoms with Gasteiger partial charge in [0.15, 0.2) is 0 Å². The first-order valence-corrected chi connectivity index (χ1v) is 8.12. The monoisotopic (exact) mass is 339 g/mol. The van der Waals surface area contributed by atoms with Gasteiger partial charge < -0.3 is 0 Å². The molecule has 0 spiro atoms. The van der Waals surface area contributed by atoms with Crippen molar-refractivity contribution in [2.45, 2.75) is 26.4 Å². The fourth-order valence-electron chi connectivity index (χ4n) is 1.51. The summed E-state index contributed by atoms with van der Waals surface area (Å²) in [7, 11) is 2.04. The van der Waals surface area contributed by atoms with Crippen LogP contribution < -0.4 is 9.57 Å². The Balaban J connectivity index is 2.32. The molecule has 4 nitrogen and oxygen atoms in total. The number of anilines is 1. The molecular formula is C12H17N3OSn. The average Bonchev–Trinajstić information content (AvgIpc) is 2.51. The Morgan fingerprint density at radius 2 is 2.06 bits per heavy atom. The van der Waals surface area contributed by atoms with Gasteiger partial charge in [0.2, 0.25) is 0 Å². The normalized spacial score (nSPS) is 12.2. The molecule has 0 unspecified atom stereocenters. The molecule has 0 atom stereocenters. The molecule has 0 aliphatic rings. The standard InChI is InChI=1S/C8H8N3.C4H9O.Sn/c1-11-5-10-7-4-6(9)2-3-8(7)11;1-4(2,3)5;/h2-4H,9H2,1H3;1-3H3;/q;-1;+1. The van der Waals surface area contributed by atoms with Crippen LogP contribution in [0.3, 0.4) is 0 Å². The number of fused-ring (bicyclic) bond motifs is 1. The van der Waals surface area contributed by atoms with Gasteiger partial charge in [-0.1, -0.05) is 0 Å². The van der Waals surface area contributed by atoms with Crippen LogP contribution in [-0.4, -0.2) is 36.7 Å². The first kappa shape index (κ1) is 12.7. The van der Waals surface area contributed by atoms with Crippen molar-refractivity contribution in [3.05, 3.63) is 18.2 Å². The zero-order valence-corrected chi connectivity index (χ0v) is 13.5. The number of hydrogen-bond acceptors (Lipinski definition) is 3. The van der Waals surface area contributed by atoms with Crippen molar-refractivity contribution in [3.63, 3.8) is 0 Å². The molecule has 2 rings (SSSR count). The Kier molecular flexibility index (Phi) is 3.36. The van der Waals surface area contributed by atoms with Crippen molar-refractivity contribution < 1.29 is 3.07 Å². The summed E-state index contributed by atoms with van der Waals surface area (Å²) in [6.07, 6.45) is 0. The molecule has 0 saturated carbocycles. The van der Waals surface area contributed by atoms with Crippen molar-refractivity contribution in [3.8, 4) is 0 Å². The summed E-state index contributed by atoms with van der Waals surface area (Å²) in [5.74, 6) is 0. The van der Waals surface area contributed by atoms with Crippen LogP contribution >= 0.6 is 0 Å². The van der Waals surface area contributed by atoms with Gasteiger partial charge in [-0.2, -0.15) is 0 Å². The SMILES string of the molecule is Cn1[c]([Sn][O]C(C)(C)C)nc2cc(N)ccc21. The molecule has 0 saturated heterocycles. The van der Waals surface area contributed by atoms with Gasteiger partial charge in [0.05, 0.1) is 0 Å². The van der Waals surface area contributed by atoms with Gasteiger partial charge in [0.1, 0.15) is 0 Å². The van der Waals surface area contributed by atoms with Crippen LogP contribution in [0.5, 0.6) is 0 Å². The summed E-state index contributed by atoms with van der Waals surface area (Å²) in [5, 5.41) is 0. The van der Waals surface area contributed by atoms with E-state index in [9.17, 15) is 0 Å². The van der Waals surface area contributed by atoms with E-state index >= 15 is 0 Å². The molecule has 1 aromatic carbocycles. The number of nitrogen functional groups attached to an aromatic ring is 1.